The molecule has 24 heteroatoms. The Bertz CT molecular complexity index is 798. The van der Waals surface area contributed by atoms with Crippen LogP contribution in [-0.4, -0.2) is 65.9 Å². The summed E-state index contributed by atoms with van der Waals surface area (Å²) in [4.78, 5) is 10.6. The van der Waals surface area contributed by atoms with Crippen molar-refractivity contribution < 1.29 is 106 Å². The van der Waals surface area contributed by atoms with Gasteiger partial charge in [-0.15, -0.1) is 13.2 Å². The second-order valence-electron chi connectivity index (χ2n) is 5.94. The molecule has 0 N–H and O–H groups in total. The molecule has 0 aromatic rings. The highest BCUT2D eigenvalue weighted by atomic mass is 19.4. The molecule has 0 heterocycles. The quantitative estimate of drug-likeness (QED) is 0.247. The number of esters is 1. The van der Waals surface area contributed by atoms with Crippen molar-refractivity contribution in [1.29, 1.82) is 0 Å². The minimum atomic E-state index is -9.30. The zero-order valence-electron chi connectivity index (χ0n) is 14.6. The minimum absolute atomic E-state index is 1.38. The molecule has 0 saturated heterocycles. The van der Waals surface area contributed by atoms with E-state index in [1.807, 2.05) is 0 Å². The predicted octanol–water partition coefficient (Wildman–Crippen LogP) is 6.69. The van der Waals surface area contributed by atoms with Gasteiger partial charge in [-0.25, -0.2) is 9.18 Å². The number of carbonyl (C=O) groups excluding carboxylic acids is 1. The highest BCUT2D eigenvalue weighted by Crippen LogP contribution is 2.65. The Morgan fingerprint density at radius 3 is 0.857 bits per heavy atom. The summed E-state index contributed by atoms with van der Waals surface area (Å²) in [5.74, 6) is -59.7. The summed E-state index contributed by atoms with van der Waals surface area (Å²) in [6, 6.07) is 0. The number of hydrogen-bond acceptors (Lipinski definition) is 2. The summed E-state index contributed by atoms with van der Waals surface area (Å²) in [6.07, 6.45) is -23.4. The largest absolute Gasteiger partial charge is 0.575 e. The molecule has 1 unspecified atom stereocenters. The fourth-order valence-electron chi connectivity index (χ4n) is 1.78. The normalized spacial score (nSPS) is 17.8. The van der Waals surface area contributed by atoms with Gasteiger partial charge in [0.1, 0.15) is 0 Å². The molecule has 0 aromatic carbocycles. The molecule has 2 nitrogen and oxygen atoms in total. The van der Waals surface area contributed by atoms with Crippen molar-refractivity contribution in [2.75, 3.05) is 0 Å². The van der Waals surface area contributed by atoms with Gasteiger partial charge in [0.15, 0.2) is 0 Å². The molecule has 0 aromatic heterocycles. The Kier molecular flexibility index (Phi) is 7.49. The third kappa shape index (κ3) is 4.37. The zero-order valence-corrected chi connectivity index (χ0v) is 14.6. The molecule has 35 heavy (non-hydrogen) atoms. The lowest BCUT2D eigenvalue weighted by molar-refractivity contribution is -0.463. The van der Waals surface area contributed by atoms with E-state index >= 15 is 0 Å². The monoisotopic (exact) mass is 582 g/mol. The van der Waals surface area contributed by atoms with Crippen LogP contribution in [0.2, 0.25) is 0 Å². The van der Waals surface area contributed by atoms with Gasteiger partial charge in [0.25, 0.3) is 0 Å². The third-order valence-electron chi connectivity index (χ3n) is 3.64. The number of ether oxygens (including phenoxy) is 1. The second kappa shape index (κ2) is 7.96. The van der Waals surface area contributed by atoms with Gasteiger partial charge in [0.05, 0.1) is 0 Å². The minimum Gasteiger partial charge on any atom is -0.370 e. The van der Waals surface area contributed by atoms with Crippen molar-refractivity contribution in [3.05, 3.63) is 0 Å². The molecule has 0 amide bonds. The lowest BCUT2D eigenvalue weighted by Gasteiger charge is -2.44. The zero-order chi connectivity index (χ0) is 29.3. The standard InChI is InChI=1S/C11F22O2/c12-2(9(25,26)27,1(34)35-11(31,32)33)3(13,14)4(15,16)5(17,18)6(19,20)7(21,22)8(23,24)10(28,29)30. The Morgan fingerprint density at radius 1 is 0.371 bits per heavy atom. The van der Waals surface area contributed by atoms with Gasteiger partial charge in [-0.1, -0.05) is 0 Å². The second-order valence-corrected chi connectivity index (χ2v) is 5.94. The summed E-state index contributed by atoms with van der Waals surface area (Å²) >= 11 is 0. The molecule has 0 fully saturated rings. The first-order chi connectivity index (χ1) is 14.6. The Labute approximate surface area is 173 Å². The summed E-state index contributed by atoms with van der Waals surface area (Å²) < 4.78 is 282. The lowest BCUT2D eigenvalue weighted by Crippen LogP contribution is -2.77. The predicted molar refractivity (Wildman–Crippen MR) is 57.8 cm³/mol. The van der Waals surface area contributed by atoms with Crippen LogP contribution >= 0.6 is 0 Å². The van der Waals surface area contributed by atoms with Crippen molar-refractivity contribution in [2.24, 2.45) is 0 Å². The van der Waals surface area contributed by atoms with Gasteiger partial charge < -0.3 is 4.74 Å². The number of halogens is 22. The van der Waals surface area contributed by atoms with Gasteiger partial charge in [0, 0.05) is 0 Å². The first-order valence-corrected chi connectivity index (χ1v) is 7.02. The van der Waals surface area contributed by atoms with Gasteiger partial charge in [0.2, 0.25) is 0 Å². The maximum Gasteiger partial charge on any atom is 0.575 e. The molecule has 0 spiro atoms. The third-order valence-corrected chi connectivity index (χ3v) is 3.64. The van der Waals surface area contributed by atoms with Crippen LogP contribution in [0.4, 0.5) is 96.6 Å². The maximum absolute atomic E-state index is 13.7. The van der Waals surface area contributed by atoms with Crippen LogP contribution in [-0.2, 0) is 9.53 Å². The van der Waals surface area contributed by atoms with Crippen molar-refractivity contribution >= 4 is 5.97 Å². The molecule has 0 bridgehead atoms. The fourth-order valence-corrected chi connectivity index (χ4v) is 1.78. The number of alkyl halides is 22. The van der Waals surface area contributed by atoms with Crippen LogP contribution in [0.15, 0.2) is 0 Å². The lowest BCUT2D eigenvalue weighted by atomic mass is 9.84. The number of rotatable bonds is 7. The molecule has 0 aliphatic carbocycles. The van der Waals surface area contributed by atoms with E-state index in [-0.39, 0.29) is 0 Å². The van der Waals surface area contributed by atoms with Gasteiger partial charge >= 0.3 is 65.9 Å². The Balaban J connectivity index is 7.23. The summed E-state index contributed by atoms with van der Waals surface area (Å²) in [5, 5.41) is 0. The van der Waals surface area contributed by atoms with Crippen molar-refractivity contribution in [2.45, 2.75) is 59.9 Å². The molecule has 210 valence electrons. The smallest absolute Gasteiger partial charge is 0.370 e. The maximum atomic E-state index is 13.7. The molecule has 0 rings (SSSR count). The highest BCUT2D eigenvalue weighted by molar-refractivity contribution is 5.82. The average molecular weight is 582 g/mol. The molecular formula is C11F22O2. The molecule has 0 saturated carbocycles. The topological polar surface area (TPSA) is 26.3 Å². The van der Waals surface area contributed by atoms with Crippen LogP contribution in [0.3, 0.4) is 0 Å². The van der Waals surface area contributed by atoms with E-state index in [1.54, 1.807) is 0 Å². The average Bonchev–Trinajstić information content (AvgIpc) is 2.56. The summed E-state index contributed by atoms with van der Waals surface area (Å²) in [7, 11) is 0. The first-order valence-electron chi connectivity index (χ1n) is 7.02. The van der Waals surface area contributed by atoms with Gasteiger partial charge in [-0.3, -0.25) is 0 Å². The van der Waals surface area contributed by atoms with Crippen LogP contribution in [0.5, 0.6) is 0 Å². The molecule has 0 radical (unpaired) electrons. The van der Waals surface area contributed by atoms with Crippen molar-refractivity contribution in [3.8, 4) is 0 Å². The molecule has 0 aliphatic rings. The van der Waals surface area contributed by atoms with E-state index < -0.39 is 65.9 Å². The van der Waals surface area contributed by atoms with E-state index in [2.05, 4.69) is 0 Å². The van der Waals surface area contributed by atoms with E-state index in [9.17, 15) is 101 Å². The summed E-state index contributed by atoms with van der Waals surface area (Å²) in [6.45, 7) is 0. The van der Waals surface area contributed by atoms with E-state index in [0.717, 1.165) is 0 Å². The van der Waals surface area contributed by atoms with Crippen LogP contribution < -0.4 is 0 Å². The van der Waals surface area contributed by atoms with Crippen LogP contribution in [0, 0.1) is 0 Å². The number of carbonyl (C=O) groups is 1. The van der Waals surface area contributed by atoms with Gasteiger partial charge in [-0.2, -0.15) is 79.0 Å². The van der Waals surface area contributed by atoms with E-state index in [1.165, 1.54) is 4.74 Å². The Morgan fingerprint density at radius 2 is 0.629 bits per heavy atom. The highest BCUT2D eigenvalue weighted by Gasteiger charge is 2.97. The molecular weight excluding hydrogens is 582 g/mol. The fraction of sp³-hybridized carbons (Fsp3) is 0.909. The molecule has 0 aliphatic heterocycles. The van der Waals surface area contributed by atoms with Crippen LogP contribution in [0.1, 0.15) is 0 Å². The first kappa shape index (κ1) is 32.9. The van der Waals surface area contributed by atoms with E-state index in [0.29, 0.717) is 0 Å². The van der Waals surface area contributed by atoms with Crippen molar-refractivity contribution in [3.63, 3.8) is 0 Å². The van der Waals surface area contributed by atoms with E-state index in [4.69, 9.17) is 0 Å². The van der Waals surface area contributed by atoms with Crippen LogP contribution in [0.25, 0.3) is 0 Å². The van der Waals surface area contributed by atoms with Gasteiger partial charge in [-0.05, 0) is 0 Å². The number of hydrogen-bond donors (Lipinski definition) is 0. The Hall–Kier alpha value is -2.07. The SMILES string of the molecule is O=C(OC(F)(F)F)C(F)(C(F)(F)F)C(F)(F)C(F)(F)C(F)(F)C(F)(F)C(F)(F)C(F)(F)C(F)(F)F. The van der Waals surface area contributed by atoms with Crippen molar-refractivity contribution in [1.82, 2.24) is 0 Å². The summed E-state index contributed by atoms with van der Waals surface area (Å²) in [5.41, 5.74) is -8.49. The molecule has 1 atom stereocenters.